The van der Waals surface area contributed by atoms with Crippen LogP contribution in [0, 0.1) is 12.8 Å². The Bertz CT molecular complexity index is 956. The van der Waals surface area contributed by atoms with Crippen molar-refractivity contribution in [1.82, 2.24) is 0 Å². The summed E-state index contributed by atoms with van der Waals surface area (Å²) in [6.45, 7) is 13.5. The van der Waals surface area contributed by atoms with Crippen molar-refractivity contribution >= 4 is 17.5 Å². The van der Waals surface area contributed by atoms with Crippen LogP contribution in [0.2, 0.25) is 0 Å². The van der Waals surface area contributed by atoms with Gasteiger partial charge in [-0.25, -0.2) is 0 Å². The molecule has 48 heavy (non-hydrogen) atoms. The van der Waals surface area contributed by atoms with E-state index in [4.69, 9.17) is 28.4 Å². The quantitative estimate of drug-likeness (QED) is 0.0853. The Labute approximate surface area is 293 Å². The number of phenolic OH excluding ortho intramolecular Hbond substituents is 1. The molecule has 280 valence electrons. The normalized spacial score (nSPS) is 14.7. The number of aromatic hydroxyl groups is 1. The number of Topliss-reactive ketones (excluding diaryl/α,β-unsaturated/α-hetero) is 1. The van der Waals surface area contributed by atoms with Crippen LogP contribution in [0.5, 0.6) is 5.75 Å². The highest BCUT2D eigenvalue weighted by molar-refractivity contribution is 7.99. The number of aliphatic hydroxyl groups is 3. The number of phenols is 1. The van der Waals surface area contributed by atoms with Crippen molar-refractivity contribution in [1.29, 1.82) is 0 Å². The molecule has 0 spiro atoms. The lowest BCUT2D eigenvalue weighted by Crippen LogP contribution is -2.37. The third-order valence-corrected chi connectivity index (χ3v) is 8.16. The summed E-state index contributed by atoms with van der Waals surface area (Å²) >= 11 is 1.64. The maximum Gasteiger partial charge on any atom is 0.133 e. The molecule has 12 heteroatoms. The van der Waals surface area contributed by atoms with Gasteiger partial charge in [0.05, 0.1) is 65.1 Å². The second-order valence-electron chi connectivity index (χ2n) is 13.5. The topological polar surface area (TPSA) is 153 Å². The van der Waals surface area contributed by atoms with Crippen molar-refractivity contribution in [3.8, 4) is 5.75 Å². The molecule has 0 aromatic heterocycles. The van der Waals surface area contributed by atoms with Gasteiger partial charge in [-0.15, -0.1) is 0 Å². The maximum absolute atomic E-state index is 12.3. The van der Waals surface area contributed by atoms with Crippen LogP contribution in [0.25, 0.3) is 0 Å². The minimum atomic E-state index is -1.03. The smallest absolute Gasteiger partial charge is 0.133 e. The SMILES string of the molecule is Cc1ccc(CCCC(=O)CCSCCOCC(COC(CO)COC(COCCC(C)C)COC(C)(C)C)OCC(O)CO)cc1O. The molecule has 0 aliphatic heterocycles. The summed E-state index contributed by atoms with van der Waals surface area (Å²) in [4.78, 5) is 12.3. The van der Waals surface area contributed by atoms with Crippen LogP contribution in [0.3, 0.4) is 0 Å². The monoisotopic (exact) mass is 704 g/mol. The molecular weight excluding hydrogens is 640 g/mol. The molecule has 0 heterocycles. The summed E-state index contributed by atoms with van der Waals surface area (Å²) in [6, 6.07) is 5.64. The molecule has 1 aromatic rings. The van der Waals surface area contributed by atoms with Crippen LogP contribution < -0.4 is 0 Å². The Balaban J connectivity index is 2.40. The van der Waals surface area contributed by atoms with Gasteiger partial charge in [-0.3, -0.25) is 4.79 Å². The van der Waals surface area contributed by atoms with Gasteiger partial charge in [0, 0.05) is 31.0 Å². The first kappa shape index (κ1) is 44.7. The number of thioether (sulfide) groups is 1. The van der Waals surface area contributed by atoms with E-state index in [-0.39, 0.29) is 56.3 Å². The standard InChI is InChI=1S/C36H64O11S/c1-27(2)12-14-42-23-34(26-47-36(4,5)6)46-24-32(20-38)45-25-33(44-21-31(40)19-37)22-43-15-17-48-16-13-30(39)9-7-8-29-11-10-28(3)35(41)18-29/h10-11,18,27,31-34,37-38,40-41H,7-9,12-17,19-26H2,1-6H3. The average molecular weight is 705 g/mol. The van der Waals surface area contributed by atoms with E-state index in [1.54, 1.807) is 17.8 Å². The number of hydrogen-bond donors (Lipinski definition) is 4. The predicted octanol–water partition coefficient (Wildman–Crippen LogP) is 4.11. The number of ether oxygens (including phenoxy) is 6. The van der Waals surface area contributed by atoms with Gasteiger partial charge in [-0.2, -0.15) is 11.8 Å². The Morgan fingerprint density at radius 2 is 1.48 bits per heavy atom. The van der Waals surface area contributed by atoms with Crippen LogP contribution in [-0.4, -0.2) is 134 Å². The van der Waals surface area contributed by atoms with Crippen molar-refractivity contribution in [3.63, 3.8) is 0 Å². The summed E-state index contributed by atoms with van der Waals surface area (Å²) in [6.07, 6.45) is 0.964. The van der Waals surface area contributed by atoms with Crippen LogP contribution in [-0.2, 0) is 39.6 Å². The zero-order chi connectivity index (χ0) is 35.8. The second kappa shape index (κ2) is 26.5. The van der Waals surface area contributed by atoms with Gasteiger partial charge < -0.3 is 48.8 Å². The first-order valence-electron chi connectivity index (χ1n) is 17.2. The van der Waals surface area contributed by atoms with Gasteiger partial charge in [0.25, 0.3) is 0 Å². The maximum atomic E-state index is 12.3. The summed E-state index contributed by atoms with van der Waals surface area (Å²) in [7, 11) is 0. The highest BCUT2D eigenvalue weighted by Gasteiger charge is 2.21. The number of benzene rings is 1. The number of ketones is 1. The first-order chi connectivity index (χ1) is 22.8. The summed E-state index contributed by atoms with van der Waals surface area (Å²) in [5.41, 5.74) is 1.54. The zero-order valence-corrected chi connectivity index (χ0v) is 31.0. The molecule has 0 aliphatic rings. The number of aliphatic hydroxyl groups excluding tert-OH is 3. The fraction of sp³-hybridized carbons (Fsp3) is 0.806. The molecule has 0 saturated heterocycles. The minimum absolute atomic E-state index is 0.0873. The molecular formula is C36H64O11S. The molecule has 0 amide bonds. The van der Waals surface area contributed by atoms with E-state index in [9.17, 15) is 25.2 Å². The largest absolute Gasteiger partial charge is 0.508 e. The van der Waals surface area contributed by atoms with Crippen molar-refractivity contribution < 1.29 is 53.6 Å². The highest BCUT2D eigenvalue weighted by atomic mass is 32.2. The Hall–Kier alpha value is -1.32. The number of carbonyl (C=O) groups is 1. The molecule has 0 fully saturated rings. The van der Waals surface area contributed by atoms with E-state index in [0.717, 1.165) is 30.4 Å². The van der Waals surface area contributed by atoms with Crippen molar-refractivity contribution in [2.24, 2.45) is 5.92 Å². The van der Waals surface area contributed by atoms with Crippen LogP contribution in [0.1, 0.15) is 71.4 Å². The van der Waals surface area contributed by atoms with E-state index < -0.39 is 24.9 Å². The van der Waals surface area contributed by atoms with Crippen LogP contribution in [0.15, 0.2) is 18.2 Å². The van der Waals surface area contributed by atoms with Gasteiger partial charge in [0.1, 0.15) is 35.9 Å². The van der Waals surface area contributed by atoms with Crippen molar-refractivity contribution in [2.45, 2.75) is 104 Å². The minimum Gasteiger partial charge on any atom is -0.508 e. The molecule has 0 bridgehead atoms. The Kier molecular flexibility index (Phi) is 24.7. The van der Waals surface area contributed by atoms with Crippen molar-refractivity contribution in [2.75, 3.05) is 77.6 Å². The summed E-state index contributed by atoms with van der Waals surface area (Å²) < 4.78 is 35.2. The fourth-order valence-corrected chi connectivity index (χ4v) is 4.96. The number of rotatable bonds is 30. The summed E-state index contributed by atoms with van der Waals surface area (Å²) in [5.74, 6) is 2.46. The highest BCUT2D eigenvalue weighted by Crippen LogP contribution is 2.19. The summed E-state index contributed by atoms with van der Waals surface area (Å²) in [5, 5.41) is 38.7. The van der Waals surface area contributed by atoms with Gasteiger partial charge in [-0.1, -0.05) is 26.0 Å². The number of carbonyl (C=O) groups excluding carboxylic acids is 1. The van der Waals surface area contributed by atoms with Gasteiger partial charge in [0.2, 0.25) is 0 Å². The molecule has 4 N–H and O–H groups in total. The lowest BCUT2D eigenvalue weighted by molar-refractivity contribution is -0.140. The van der Waals surface area contributed by atoms with Crippen LogP contribution in [0.4, 0.5) is 0 Å². The zero-order valence-electron chi connectivity index (χ0n) is 30.2. The first-order valence-corrected chi connectivity index (χ1v) is 18.4. The Morgan fingerprint density at radius 1 is 0.833 bits per heavy atom. The van der Waals surface area contributed by atoms with E-state index >= 15 is 0 Å². The number of aryl methyl sites for hydroxylation is 2. The van der Waals surface area contributed by atoms with E-state index in [1.807, 2.05) is 39.8 Å². The predicted molar refractivity (Wildman–Crippen MR) is 189 cm³/mol. The molecule has 1 aromatic carbocycles. The average Bonchev–Trinajstić information content (AvgIpc) is 3.03. The van der Waals surface area contributed by atoms with Gasteiger partial charge in [0.15, 0.2) is 0 Å². The molecule has 11 nitrogen and oxygen atoms in total. The fourth-order valence-electron chi connectivity index (χ4n) is 4.15. The molecule has 0 radical (unpaired) electrons. The lowest BCUT2D eigenvalue weighted by Gasteiger charge is -2.27. The van der Waals surface area contributed by atoms with E-state index in [1.165, 1.54) is 0 Å². The third-order valence-electron chi connectivity index (χ3n) is 7.22. The molecule has 0 saturated carbocycles. The second-order valence-corrected chi connectivity index (χ2v) is 14.7. The van der Waals surface area contributed by atoms with Crippen LogP contribution >= 0.6 is 11.8 Å². The lowest BCUT2D eigenvalue weighted by atomic mass is 10.0. The third kappa shape index (κ3) is 23.9. The van der Waals surface area contributed by atoms with Gasteiger partial charge in [-0.05, 0) is 70.1 Å². The van der Waals surface area contributed by atoms with E-state index in [2.05, 4.69) is 13.8 Å². The van der Waals surface area contributed by atoms with E-state index in [0.29, 0.717) is 56.7 Å². The van der Waals surface area contributed by atoms with Crippen molar-refractivity contribution in [3.05, 3.63) is 29.3 Å². The molecule has 4 unspecified atom stereocenters. The molecule has 1 rings (SSSR count). The Morgan fingerprint density at radius 3 is 2.12 bits per heavy atom. The number of hydrogen-bond acceptors (Lipinski definition) is 12. The molecule has 0 aliphatic carbocycles. The van der Waals surface area contributed by atoms with Gasteiger partial charge >= 0.3 is 0 Å². The molecule has 4 atom stereocenters.